The third kappa shape index (κ3) is 3.96. The highest BCUT2D eigenvalue weighted by Gasteiger charge is 2.42. The van der Waals surface area contributed by atoms with Crippen LogP contribution in [0.1, 0.15) is 39.2 Å². The molecule has 140 valence electrons. The first-order valence-electron chi connectivity index (χ1n) is 9.22. The third-order valence-corrected chi connectivity index (χ3v) is 5.29. The van der Waals surface area contributed by atoms with Crippen LogP contribution in [0.4, 0.5) is 5.69 Å². The molecule has 0 aromatic heterocycles. The van der Waals surface area contributed by atoms with Gasteiger partial charge < -0.3 is 4.90 Å². The lowest BCUT2D eigenvalue weighted by atomic mass is 9.94. The molecule has 0 N–H and O–H groups in total. The van der Waals surface area contributed by atoms with Crippen LogP contribution >= 0.6 is 0 Å². The first-order valence-corrected chi connectivity index (χ1v) is 9.22. The number of nitro benzene ring substituents is 1. The Balaban J connectivity index is 1.58. The fraction of sp³-hybridized carbons (Fsp3) is 0.550. The van der Waals surface area contributed by atoms with Crippen molar-refractivity contribution in [3.05, 3.63) is 46.0 Å². The van der Waals surface area contributed by atoms with Gasteiger partial charge in [-0.25, -0.2) is 0 Å². The monoisotopic (exact) mass is 357 g/mol. The van der Waals surface area contributed by atoms with Gasteiger partial charge in [0.25, 0.3) is 5.69 Å². The van der Waals surface area contributed by atoms with Crippen LogP contribution < -0.4 is 0 Å². The number of benzene rings is 1. The molecule has 2 saturated heterocycles. The van der Waals surface area contributed by atoms with Gasteiger partial charge in [-0.15, -0.1) is 0 Å². The smallest absolute Gasteiger partial charge is 0.269 e. The number of non-ortho nitro benzene ring substituents is 1. The molecule has 0 radical (unpaired) electrons. The largest absolute Gasteiger partial charge is 0.339 e. The molecule has 1 aromatic carbocycles. The van der Waals surface area contributed by atoms with Crippen molar-refractivity contribution in [2.45, 2.75) is 45.7 Å². The Kier molecular flexibility index (Phi) is 5.14. The highest BCUT2D eigenvalue weighted by Crippen LogP contribution is 2.32. The maximum absolute atomic E-state index is 12.6. The van der Waals surface area contributed by atoms with Gasteiger partial charge in [-0.1, -0.05) is 32.9 Å². The van der Waals surface area contributed by atoms with Crippen molar-refractivity contribution in [2.24, 2.45) is 5.41 Å². The van der Waals surface area contributed by atoms with Crippen LogP contribution in [0, 0.1) is 15.5 Å². The summed E-state index contributed by atoms with van der Waals surface area (Å²) in [5.41, 5.74) is 0.751. The van der Waals surface area contributed by atoms with Crippen molar-refractivity contribution in [1.29, 1.82) is 0 Å². The number of likely N-dealkylation sites (tertiary alicyclic amines) is 1. The van der Waals surface area contributed by atoms with Gasteiger partial charge in [-0.2, -0.15) is 0 Å². The van der Waals surface area contributed by atoms with Crippen molar-refractivity contribution in [1.82, 2.24) is 9.80 Å². The van der Waals surface area contributed by atoms with Crippen molar-refractivity contribution < 1.29 is 9.72 Å². The molecule has 2 fully saturated rings. The first-order chi connectivity index (χ1) is 12.3. The average Bonchev–Trinajstić information content (AvgIpc) is 2.82. The molecule has 1 aromatic rings. The van der Waals surface area contributed by atoms with E-state index < -0.39 is 0 Å². The molecule has 2 aliphatic rings. The van der Waals surface area contributed by atoms with E-state index in [1.54, 1.807) is 12.1 Å². The molecular weight excluding hydrogens is 330 g/mol. The second kappa shape index (κ2) is 7.19. The lowest BCUT2D eigenvalue weighted by molar-refractivity contribution is -0.384. The van der Waals surface area contributed by atoms with E-state index in [1.165, 1.54) is 12.1 Å². The number of piperazine rings is 1. The van der Waals surface area contributed by atoms with Gasteiger partial charge in [0, 0.05) is 49.3 Å². The number of rotatable bonds is 4. The van der Waals surface area contributed by atoms with Gasteiger partial charge in [0.05, 0.1) is 4.92 Å². The Morgan fingerprint density at radius 3 is 2.27 bits per heavy atom. The molecular formula is C20H27N3O3. The van der Waals surface area contributed by atoms with E-state index in [9.17, 15) is 14.9 Å². The zero-order chi connectivity index (χ0) is 18.9. The van der Waals surface area contributed by atoms with Gasteiger partial charge in [-0.3, -0.25) is 19.8 Å². The second-order valence-corrected chi connectivity index (χ2v) is 8.29. The Morgan fingerprint density at radius 1 is 1.19 bits per heavy atom. The summed E-state index contributed by atoms with van der Waals surface area (Å²) in [5.74, 6) is 0.246. The molecule has 3 rings (SSSR count). The second-order valence-electron chi connectivity index (χ2n) is 8.29. The molecule has 0 unspecified atom stereocenters. The molecule has 0 spiro atoms. The number of fused-ring (bicyclic) bond motifs is 2. The van der Waals surface area contributed by atoms with E-state index in [0.717, 1.165) is 38.0 Å². The fourth-order valence-corrected chi connectivity index (χ4v) is 3.95. The van der Waals surface area contributed by atoms with Gasteiger partial charge in [0.15, 0.2) is 0 Å². The molecule has 2 heterocycles. The molecule has 26 heavy (non-hydrogen) atoms. The number of carbonyl (C=O) groups excluding carboxylic acids is 1. The predicted octanol–water partition coefficient (Wildman–Crippen LogP) is 3.33. The Labute approximate surface area is 154 Å². The van der Waals surface area contributed by atoms with E-state index in [2.05, 4.69) is 11.0 Å². The van der Waals surface area contributed by atoms with Gasteiger partial charge >= 0.3 is 0 Å². The maximum atomic E-state index is 12.6. The van der Waals surface area contributed by atoms with Crippen molar-refractivity contribution in [3.63, 3.8) is 0 Å². The number of nitro groups is 1. The van der Waals surface area contributed by atoms with Crippen LogP contribution in [0.3, 0.4) is 0 Å². The highest BCUT2D eigenvalue weighted by molar-refractivity contribution is 5.81. The summed E-state index contributed by atoms with van der Waals surface area (Å²) < 4.78 is 0. The minimum absolute atomic E-state index is 0.111. The zero-order valence-electron chi connectivity index (χ0n) is 15.7. The topological polar surface area (TPSA) is 66.7 Å². The van der Waals surface area contributed by atoms with Crippen LogP contribution in [0.25, 0.3) is 6.08 Å². The predicted molar refractivity (Wildman–Crippen MR) is 102 cm³/mol. The van der Waals surface area contributed by atoms with Crippen LogP contribution in [0.2, 0.25) is 0 Å². The SMILES string of the molecule is CC(C)(C)C(=O)N1C[C@H]2CC[C@@H](C1)N2C/C=C/c1ccc([N+](=O)[O-])cc1. The summed E-state index contributed by atoms with van der Waals surface area (Å²) in [6.45, 7) is 8.43. The number of carbonyl (C=O) groups is 1. The van der Waals surface area contributed by atoms with E-state index in [1.807, 2.05) is 31.7 Å². The van der Waals surface area contributed by atoms with Crippen molar-refractivity contribution in [3.8, 4) is 0 Å². The fourth-order valence-electron chi connectivity index (χ4n) is 3.95. The maximum Gasteiger partial charge on any atom is 0.269 e. The Hall–Kier alpha value is -2.21. The number of hydrogen-bond donors (Lipinski definition) is 0. The quantitative estimate of drug-likeness (QED) is 0.612. The molecule has 0 aliphatic carbocycles. The minimum atomic E-state index is -0.385. The summed E-state index contributed by atoms with van der Waals surface area (Å²) in [5, 5.41) is 10.7. The minimum Gasteiger partial charge on any atom is -0.339 e. The average molecular weight is 357 g/mol. The summed E-state index contributed by atoms with van der Waals surface area (Å²) in [6.07, 6.45) is 6.41. The summed E-state index contributed by atoms with van der Waals surface area (Å²) in [7, 11) is 0. The van der Waals surface area contributed by atoms with E-state index in [-0.39, 0.29) is 21.9 Å². The van der Waals surface area contributed by atoms with Crippen LogP contribution in [0.5, 0.6) is 0 Å². The highest BCUT2D eigenvalue weighted by atomic mass is 16.6. The lowest BCUT2D eigenvalue weighted by Crippen LogP contribution is -2.57. The molecule has 2 atom stereocenters. The summed E-state index contributed by atoms with van der Waals surface area (Å²) in [4.78, 5) is 27.4. The first kappa shape index (κ1) is 18.6. The molecule has 2 aliphatic heterocycles. The lowest BCUT2D eigenvalue weighted by Gasteiger charge is -2.42. The molecule has 2 bridgehead atoms. The van der Waals surface area contributed by atoms with Crippen LogP contribution in [-0.4, -0.2) is 52.3 Å². The van der Waals surface area contributed by atoms with Gasteiger partial charge in [0.1, 0.15) is 0 Å². The number of hydrogen-bond acceptors (Lipinski definition) is 4. The normalized spacial score (nSPS) is 23.6. The third-order valence-electron chi connectivity index (χ3n) is 5.29. The van der Waals surface area contributed by atoms with Crippen molar-refractivity contribution >= 4 is 17.7 Å². The van der Waals surface area contributed by atoms with E-state index >= 15 is 0 Å². The van der Waals surface area contributed by atoms with Gasteiger partial charge in [0.2, 0.25) is 5.91 Å². The van der Waals surface area contributed by atoms with E-state index in [0.29, 0.717) is 12.1 Å². The molecule has 0 saturated carbocycles. The molecule has 6 heteroatoms. The Morgan fingerprint density at radius 2 is 1.77 bits per heavy atom. The summed E-state index contributed by atoms with van der Waals surface area (Å²) >= 11 is 0. The van der Waals surface area contributed by atoms with Crippen LogP contribution in [-0.2, 0) is 4.79 Å². The van der Waals surface area contributed by atoms with Crippen molar-refractivity contribution in [2.75, 3.05) is 19.6 Å². The summed E-state index contributed by atoms with van der Waals surface area (Å²) in [6, 6.07) is 7.45. The van der Waals surface area contributed by atoms with Gasteiger partial charge in [-0.05, 0) is 30.5 Å². The Bertz CT molecular complexity index is 692. The molecule has 1 amide bonds. The zero-order valence-corrected chi connectivity index (χ0v) is 15.7. The standard InChI is InChI=1S/C20H27N3O3/c1-20(2,3)19(24)21-13-17-10-11-18(14-21)22(17)12-4-5-15-6-8-16(9-7-15)23(25)26/h4-9,17-18H,10-14H2,1-3H3/b5-4+/t17-,18+. The van der Waals surface area contributed by atoms with Crippen LogP contribution in [0.15, 0.2) is 30.3 Å². The molecule has 6 nitrogen and oxygen atoms in total. The number of nitrogens with zero attached hydrogens (tertiary/aromatic N) is 3. The van der Waals surface area contributed by atoms with E-state index in [4.69, 9.17) is 0 Å². The number of amides is 1.